The van der Waals surface area contributed by atoms with E-state index < -0.39 is 0 Å². The summed E-state index contributed by atoms with van der Waals surface area (Å²) in [6.07, 6.45) is 1.71. The molecule has 0 spiro atoms. The third-order valence-electron chi connectivity index (χ3n) is 1.99. The molecule has 0 saturated carbocycles. The van der Waals surface area contributed by atoms with E-state index in [9.17, 15) is 4.39 Å². The monoisotopic (exact) mass is 161 g/mol. The van der Waals surface area contributed by atoms with Crippen LogP contribution in [0.5, 0.6) is 0 Å². The lowest BCUT2D eigenvalue weighted by atomic mass is 10.1. The fourth-order valence-corrected chi connectivity index (χ4v) is 1.27. The van der Waals surface area contributed by atoms with E-state index in [1.165, 1.54) is 6.07 Å². The molecule has 1 heterocycles. The van der Waals surface area contributed by atoms with Crippen molar-refractivity contribution in [3.8, 4) is 0 Å². The van der Waals surface area contributed by atoms with Crippen molar-refractivity contribution in [3.05, 3.63) is 41.8 Å². The lowest BCUT2D eigenvalue weighted by Gasteiger charge is -2.00. The van der Waals surface area contributed by atoms with Gasteiger partial charge in [-0.25, -0.2) is 4.39 Å². The van der Waals surface area contributed by atoms with Gasteiger partial charge >= 0.3 is 0 Å². The Labute approximate surface area is 69.9 Å². The first kappa shape index (κ1) is 7.22. The molecule has 1 nitrogen and oxygen atoms in total. The van der Waals surface area contributed by atoms with E-state index in [0.717, 1.165) is 10.9 Å². The zero-order valence-electron chi connectivity index (χ0n) is 6.71. The van der Waals surface area contributed by atoms with Crippen LogP contribution in [-0.2, 0) is 0 Å². The van der Waals surface area contributed by atoms with Gasteiger partial charge < -0.3 is 0 Å². The Morgan fingerprint density at radius 3 is 2.92 bits per heavy atom. The van der Waals surface area contributed by atoms with Gasteiger partial charge in [0, 0.05) is 11.6 Å². The van der Waals surface area contributed by atoms with Crippen molar-refractivity contribution in [3.63, 3.8) is 0 Å². The lowest BCUT2D eigenvalue weighted by Crippen LogP contribution is -1.85. The molecule has 0 saturated heterocycles. The molecule has 1 aromatic carbocycles. The highest BCUT2D eigenvalue weighted by Crippen LogP contribution is 2.18. The highest BCUT2D eigenvalue weighted by Gasteiger charge is 2.01. The Morgan fingerprint density at radius 1 is 1.25 bits per heavy atom. The summed E-state index contributed by atoms with van der Waals surface area (Å²) in [6, 6.07) is 6.83. The molecule has 0 atom stereocenters. The molecule has 0 aliphatic carbocycles. The Kier molecular flexibility index (Phi) is 1.54. The highest BCUT2D eigenvalue weighted by molar-refractivity contribution is 5.81. The number of halogens is 1. The molecule has 1 aromatic heterocycles. The predicted molar refractivity (Wildman–Crippen MR) is 46.4 cm³/mol. The Balaban J connectivity index is 2.91. The average molecular weight is 161 g/mol. The van der Waals surface area contributed by atoms with Crippen molar-refractivity contribution in [2.24, 2.45) is 0 Å². The number of fused-ring (bicyclic) bond motifs is 1. The number of nitrogens with zero attached hydrogens (tertiary/aromatic N) is 1. The second-order valence-electron chi connectivity index (χ2n) is 2.74. The van der Waals surface area contributed by atoms with Gasteiger partial charge in [0.25, 0.3) is 0 Å². The van der Waals surface area contributed by atoms with Crippen molar-refractivity contribution >= 4 is 10.9 Å². The van der Waals surface area contributed by atoms with E-state index in [-0.39, 0.29) is 5.82 Å². The van der Waals surface area contributed by atoms with E-state index in [4.69, 9.17) is 0 Å². The van der Waals surface area contributed by atoms with Gasteiger partial charge in [-0.1, -0.05) is 6.07 Å². The van der Waals surface area contributed by atoms with Gasteiger partial charge in [0.05, 0.1) is 5.52 Å². The zero-order chi connectivity index (χ0) is 8.55. The summed E-state index contributed by atoms with van der Waals surface area (Å²) in [5.41, 5.74) is 1.51. The Hall–Kier alpha value is -1.44. The van der Waals surface area contributed by atoms with Crippen LogP contribution < -0.4 is 0 Å². The minimum Gasteiger partial charge on any atom is -0.256 e. The van der Waals surface area contributed by atoms with Gasteiger partial charge in [0.2, 0.25) is 0 Å². The van der Waals surface area contributed by atoms with E-state index in [1.807, 2.05) is 12.1 Å². The number of hydrogen-bond acceptors (Lipinski definition) is 1. The first-order chi connectivity index (χ1) is 5.79. The van der Waals surface area contributed by atoms with E-state index in [0.29, 0.717) is 5.56 Å². The second kappa shape index (κ2) is 2.55. The molecule has 2 rings (SSSR count). The normalized spacial score (nSPS) is 10.5. The van der Waals surface area contributed by atoms with Crippen molar-refractivity contribution in [1.82, 2.24) is 4.98 Å². The number of hydrogen-bond donors (Lipinski definition) is 0. The van der Waals surface area contributed by atoms with Crippen molar-refractivity contribution in [2.75, 3.05) is 0 Å². The smallest absolute Gasteiger partial charge is 0.126 e. The van der Waals surface area contributed by atoms with Crippen LogP contribution >= 0.6 is 0 Å². The summed E-state index contributed by atoms with van der Waals surface area (Å²) in [6.45, 7) is 1.76. The van der Waals surface area contributed by atoms with Crippen molar-refractivity contribution in [1.29, 1.82) is 0 Å². The molecule has 60 valence electrons. The van der Waals surface area contributed by atoms with Crippen molar-refractivity contribution < 1.29 is 4.39 Å². The minimum absolute atomic E-state index is 0.171. The fourth-order valence-electron chi connectivity index (χ4n) is 1.27. The number of pyridine rings is 1. The predicted octanol–water partition coefficient (Wildman–Crippen LogP) is 2.68. The van der Waals surface area contributed by atoms with Crippen LogP contribution in [0, 0.1) is 12.7 Å². The molecular formula is C10H8FN. The Morgan fingerprint density at radius 2 is 2.08 bits per heavy atom. The molecule has 0 aliphatic rings. The molecule has 0 bridgehead atoms. The van der Waals surface area contributed by atoms with E-state index in [2.05, 4.69) is 4.98 Å². The van der Waals surface area contributed by atoms with Crippen molar-refractivity contribution in [2.45, 2.75) is 6.92 Å². The van der Waals surface area contributed by atoms with Crippen LogP contribution in [0.2, 0.25) is 0 Å². The Bertz CT molecular complexity index is 423. The summed E-state index contributed by atoms with van der Waals surface area (Å²) in [7, 11) is 0. The summed E-state index contributed by atoms with van der Waals surface area (Å²) in [4.78, 5) is 4.12. The molecule has 0 aliphatic heterocycles. The standard InChI is InChI=1S/C10H8FN/c1-7-8-3-2-6-12-10(8)5-4-9(7)11/h2-6H,1H3. The molecule has 0 N–H and O–H groups in total. The quantitative estimate of drug-likeness (QED) is 0.578. The number of rotatable bonds is 0. The van der Waals surface area contributed by atoms with Gasteiger partial charge in [-0.05, 0) is 30.7 Å². The maximum atomic E-state index is 13.0. The molecule has 2 heteroatoms. The van der Waals surface area contributed by atoms with Crippen LogP contribution in [0.4, 0.5) is 4.39 Å². The zero-order valence-corrected chi connectivity index (χ0v) is 6.71. The van der Waals surface area contributed by atoms with Gasteiger partial charge in [0.15, 0.2) is 0 Å². The molecule has 0 unspecified atom stereocenters. The number of aryl methyl sites for hydroxylation is 1. The first-order valence-electron chi connectivity index (χ1n) is 3.79. The average Bonchev–Trinajstić information content (AvgIpc) is 2.12. The van der Waals surface area contributed by atoms with Crippen LogP contribution in [0.25, 0.3) is 10.9 Å². The topological polar surface area (TPSA) is 12.9 Å². The lowest BCUT2D eigenvalue weighted by molar-refractivity contribution is 0.621. The first-order valence-corrected chi connectivity index (χ1v) is 3.79. The molecule has 2 aromatic rings. The molecule has 0 radical (unpaired) electrons. The molecule has 12 heavy (non-hydrogen) atoms. The molecule has 0 fully saturated rings. The highest BCUT2D eigenvalue weighted by atomic mass is 19.1. The van der Waals surface area contributed by atoms with Crippen LogP contribution in [0.1, 0.15) is 5.56 Å². The maximum absolute atomic E-state index is 13.0. The van der Waals surface area contributed by atoms with Gasteiger partial charge in [-0.2, -0.15) is 0 Å². The van der Waals surface area contributed by atoms with Crippen LogP contribution in [-0.4, -0.2) is 4.98 Å². The van der Waals surface area contributed by atoms with Crippen LogP contribution in [0.15, 0.2) is 30.5 Å². The third kappa shape index (κ3) is 0.961. The maximum Gasteiger partial charge on any atom is 0.126 e. The number of benzene rings is 1. The summed E-state index contributed by atoms with van der Waals surface area (Å²) in [5, 5.41) is 0.887. The summed E-state index contributed by atoms with van der Waals surface area (Å²) in [5.74, 6) is -0.171. The largest absolute Gasteiger partial charge is 0.256 e. The van der Waals surface area contributed by atoms with Gasteiger partial charge in [0.1, 0.15) is 5.82 Å². The van der Waals surface area contributed by atoms with Gasteiger partial charge in [-0.15, -0.1) is 0 Å². The van der Waals surface area contributed by atoms with E-state index in [1.54, 1.807) is 19.2 Å². The second-order valence-corrected chi connectivity index (χ2v) is 2.74. The summed E-state index contributed by atoms with van der Waals surface area (Å²) < 4.78 is 13.0. The SMILES string of the molecule is Cc1c(F)ccc2ncccc12. The number of aromatic nitrogens is 1. The molecular weight excluding hydrogens is 153 g/mol. The van der Waals surface area contributed by atoms with Gasteiger partial charge in [-0.3, -0.25) is 4.98 Å². The minimum atomic E-state index is -0.171. The van der Waals surface area contributed by atoms with E-state index >= 15 is 0 Å². The van der Waals surface area contributed by atoms with Crippen LogP contribution in [0.3, 0.4) is 0 Å². The summed E-state index contributed by atoms with van der Waals surface area (Å²) >= 11 is 0. The molecule has 0 amide bonds. The fraction of sp³-hybridized carbons (Fsp3) is 0.100. The third-order valence-corrected chi connectivity index (χ3v) is 1.99.